The summed E-state index contributed by atoms with van der Waals surface area (Å²) in [7, 11) is 0. The minimum absolute atomic E-state index is 0.0179. The van der Waals surface area contributed by atoms with Crippen LogP contribution >= 0.6 is 0 Å². The van der Waals surface area contributed by atoms with Gasteiger partial charge in [0.15, 0.2) is 0 Å². The Balaban J connectivity index is 1.60. The second-order valence-corrected chi connectivity index (χ2v) is 6.73. The summed E-state index contributed by atoms with van der Waals surface area (Å²) in [6, 6.07) is 15.9. The van der Waals surface area contributed by atoms with Crippen molar-refractivity contribution in [2.45, 2.75) is 31.8 Å². The Morgan fingerprint density at radius 3 is 2.62 bits per heavy atom. The first-order valence-corrected chi connectivity index (χ1v) is 8.36. The largest absolute Gasteiger partial charge is 0.350 e. The summed E-state index contributed by atoms with van der Waals surface area (Å²) < 4.78 is 0. The maximum Gasteiger partial charge on any atom is 0.254 e. The fourth-order valence-corrected chi connectivity index (χ4v) is 3.67. The zero-order chi connectivity index (χ0) is 16.7. The van der Waals surface area contributed by atoms with E-state index in [1.807, 2.05) is 24.3 Å². The summed E-state index contributed by atoms with van der Waals surface area (Å²) in [5, 5.41) is 2.92. The molecule has 2 aromatic carbocycles. The highest BCUT2D eigenvalue weighted by Gasteiger charge is 2.46. The summed E-state index contributed by atoms with van der Waals surface area (Å²) in [5.74, 6) is -0.0457. The molecule has 2 aliphatic heterocycles. The third kappa shape index (κ3) is 2.58. The normalized spacial score (nSPS) is 21.9. The molecule has 0 saturated carbocycles. The molecule has 0 aromatic heterocycles. The van der Waals surface area contributed by atoms with Crippen LogP contribution < -0.4 is 5.32 Å². The molecule has 1 N–H and O–H groups in total. The van der Waals surface area contributed by atoms with Crippen molar-refractivity contribution in [2.75, 3.05) is 6.54 Å². The second kappa shape index (κ2) is 5.78. The van der Waals surface area contributed by atoms with Crippen LogP contribution in [0.4, 0.5) is 0 Å². The van der Waals surface area contributed by atoms with Gasteiger partial charge in [0.05, 0.1) is 0 Å². The molecule has 2 bridgehead atoms. The first kappa shape index (κ1) is 14.9. The van der Waals surface area contributed by atoms with Crippen molar-refractivity contribution in [3.05, 3.63) is 70.8 Å². The van der Waals surface area contributed by atoms with Crippen LogP contribution in [0.25, 0.3) is 0 Å². The highest BCUT2D eigenvalue weighted by molar-refractivity contribution is 6.00. The average Bonchev–Trinajstić information content (AvgIpc) is 3.16. The number of likely N-dealkylation sites (tertiary alicyclic amines) is 1. The van der Waals surface area contributed by atoms with Gasteiger partial charge in [-0.25, -0.2) is 0 Å². The lowest BCUT2D eigenvalue weighted by atomic mass is 9.98. The number of amides is 2. The van der Waals surface area contributed by atoms with Crippen molar-refractivity contribution >= 4 is 11.8 Å². The number of nitrogens with zero attached hydrogens (tertiary/aromatic N) is 1. The van der Waals surface area contributed by atoms with Crippen molar-refractivity contribution in [1.29, 1.82) is 0 Å². The van der Waals surface area contributed by atoms with Gasteiger partial charge in [0, 0.05) is 18.2 Å². The molecule has 0 spiro atoms. The van der Waals surface area contributed by atoms with E-state index in [2.05, 4.69) is 36.5 Å². The molecule has 2 aliphatic rings. The number of hydrogen-bond donors (Lipinski definition) is 1. The molecule has 4 nitrogen and oxygen atoms in total. The van der Waals surface area contributed by atoms with E-state index in [0.717, 1.165) is 18.4 Å². The predicted octanol–water partition coefficient (Wildman–Crippen LogP) is 2.30. The van der Waals surface area contributed by atoms with Crippen LogP contribution in [-0.4, -0.2) is 35.3 Å². The molecule has 0 unspecified atom stereocenters. The monoisotopic (exact) mass is 320 g/mol. The molecule has 122 valence electrons. The highest BCUT2D eigenvalue weighted by atomic mass is 16.2. The lowest BCUT2D eigenvalue weighted by Crippen LogP contribution is -2.50. The van der Waals surface area contributed by atoms with E-state index in [1.54, 1.807) is 4.90 Å². The standard InChI is InChI=1S/C20H20N2O2/c1-13-6-8-14(9-7-13)10-15-4-2-3-5-17(15)20(24)22-12-16-11-18(22)19(23)21-16/h2-9,16,18H,10-12H2,1H3,(H,21,23)/t16-,18-/m0/s1. The van der Waals surface area contributed by atoms with E-state index in [4.69, 9.17) is 0 Å². The summed E-state index contributed by atoms with van der Waals surface area (Å²) in [6.45, 7) is 2.68. The van der Waals surface area contributed by atoms with E-state index in [9.17, 15) is 9.59 Å². The molecule has 2 saturated heterocycles. The molecule has 2 fully saturated rings. The molecule has 4 heteroatoms. The second-order valence-electron chi connectivity index (χ2n) is 6.73. The predicted molar refractivity (Wildman–Crippen MR) is 91.8 cm³/mol. The van der Waals surface area contributed by atoms with Crippen molar-refractivity contribution in [3.63, 3.8) is 0 Å². The Hall–Kier alpha value is -2.62. The Kier molecular flexibility index (Phi) is 3.60. The van der Waals surface area contributed by atoms with Gasteiger partial charge in [-0.3, -0.25) is 9.59 Å². The molecule has 0 aliphatic carbocycles. The zero-order valence-electron chi connectivity index (χ0n) is 13.7. The molecule has 4 rings (SSSR count). The smallest absolute Gasteiger partial charge is 0.254 e. The molecule has 2 aromatic rings. The molecule has 2 heterocycles. The van der Waals surface area contributed by atoms with Crippen molar-refractivity contribution in [2.24, 2.45) is 0 Å². The van der Waals surface area contributed by atoms with Crippen molar-refractivity contribution in [3.8, 4) is 0 Å². The van der Waals surface area contributed by atoms with Crippen LogP contribution in [0.1, 0.15) is 33.5 Å². The Bertz CT molecular complexity index is 798. The SMILES string of the molecule is Cc1ccc(Cc2ccccc2C(=O)N2C[C@@H]3C[C@H]2C(=O)N3)cc1. The van der Waals surface area contributed by atoms with E-state index in [0.29, 0.717) is 12.1 Å². The van der Waals surface area contributed by atoms with E-state index in [1.165, 1.54) is 11.1 Å². The van der Waals surface area contributed by atoms with Crippen LogP contribution in [-0.2, 0) is 11.2 Å². The number of carbonyl (C=O) groups excluding carboxylic acids is 2. The van der Waals surface area contributed by atoms with Crippen molar-refractivity contribution < 1.29 is 9.59 Å². The fraction of sp³-hybridized carbons (Fsp3) is 0.300. The fourth-order valence-electron chi connectivity index (χ4n) is 3.67. The Morgan fingerprint density at radius 2 is 1.92 bits per heavy atom. The van der Waals surface area contributed by atoms with Crippen LogP contribution in [0.2, 0.25) is 0 Å². The minimum atomic E-state index is -0.296. The Labute approximate surface area is 141 Å². The number of aryl methyl sites for hydroxylation is 1. The lowest BCUT2D eigenvalue weighted by molar-refractivity contribution is -0.124. The number of nitrogens with one attached hydrogen (secondary N) is 1. The summed E-state index contributed by atoms with van der Waals surface area (Å²) in [4.78, 5) is 26.6. The summed E-state index contributed by atoms with van der Waals surface area (Å²) >= 11 is 0. The number of rotatable bonds is 3. The summed E-state index contributed by atoms with van der Waals surface area (Å²) in [5.41, 5.74) is 4.12. The number of fused-ring (bicyclic) bond motifs is 2. The zero-order valence-corrected chi connectivity index (χ0v) is 13.7. The first-order chi connectivity index (χ1) is 11.6. The average molecular weight is 320 g/mol. The molecular weight excluding hydrogens is 300 g/mol. The van der Waals surface area contributed by atoms with Crippen LogP contribution in [0, 0.1) is 6.92 Å². The van der Waals surface area contributed by atoms with Gasteiger partial charge in [0.1, 0.15) is 6.04 Å². The quantitative estimate of drug-likeness (QED) is 0.943. The molecule has 0 radical (unpaired) electrons. The maximum atomic E-state index is 13.0. The topological polar surface area (TPSA) is 49.4 Å². The number of benzene rings is 2. The number of hydrogen-bond acceptors (Lipinski definition) is 2. The molecule has 2 amide bonds. The first-order valence-electron chi connectivity index (χ1n) is 8.36. The number of piperazine rings is 1. The van der Waals surface area contributed by atoms with E-state index >= 15 is 0 Å². The third-order valence-electron chi connectivity index (χ3n) is 4.97. The van der Waals surface area contributed by atoms with Crippen LogP contribution in [0.15, 0.2) is 48.5 Å². The van der Waals surface area contributed by atoms with Gasteiger partial charge in [-0.05, 0) is 37.0 Å². The van der Waals surface area contributed by atoms with Crippen LogP contribution in [0.5, 0.6) is 0 Å². The summed E-state index contributed by atoms with van der Waals surface area (Å²) in [6.07, 6.45) is 1.46. The van der Waals surface area contributed by atoms with Gasteiger partial charge in [-0.2, -0.15) is 0 Å². The van der Waals surface area contributed by atoms with Gasteiger partial charge in [-0.15, -0.1) is 0 Å². The Morgan fingerprint density at radius 1 is 1.17 bits per heavy atom. The van der Waals surface area contributed by atoms with Crippen LogP contribution in [0.3, 0.4) is 0 Å². The number of carbonyl (C=O) groups is 2. The van der Waals surface area contributed by atoms with Crippen molar-refractivity contribution in [1.82, 2.24) is 10.2 Å². The van der Waals surface area contributed by atoms with Gasteiger partial charge >= 0.3 is 0 Å². The van der Waals surface area contributed by atoms with Gasteiger partial charge in [-0.1, -0.05) is 48.0 Å². The molecule has 24 heavy (non-hydrogen) atoms. The third-order valence-corrected chi connectivity index (χ3v) is 4.97. The van der Waals surface area contributed by atoms with E-state index in [-0.39, 0.29) is 23.9 Å². The molecule has 2 atom stereocenters. The van der Waals surface area contributed by atoms with Gasteiger partial charge in [0.25, 0.3) is 5.91 Å². The van der Waals surface area contributed by atoms with E-state index < -0.39 is 0 Å². The maximum absolute atomic E-state index is 13.0. The minimum Gasteiger partial charge on any atom is -0.350 e. The highest BCUT2D eigenvalue weighted by Crippen LogP contribution is 2.27. The molecular formula is C20H20N2O2. The van der Waals surface area contributed by atoms with Gasteiger partial charge < -0.3 is 10.2 Å². The van der Waals surface area contributed by atoms with Gasteiger partial charge in [0.2, 0.25) is 5.91 Å². The lowest BCUT2D eigenvalue weighted by Gasteiger charge is -2.27.